The number of hydrogen-bond acceptors (Lipinski definition) is 5. The summed E-state index contributed by atoms with van der Waals surface area (Å²) >= 11 is 5.72. The largest absolute Gasteiger partial charge is 0.460 e. The summed E-state index contributed by atoms with van der Waals surface area (Å²) in [7, 11) is 3.75. The number of hydrogen-bond donors (Lipinski definition) is 1. The molecular formula is C29H39N3O4S. The average Bonchev–Trinajstić information content (AvgIpc) is 2.81. The van der Waals surface area contributed by atoms with Gasteiger partial charge in [-0.15, -0.1) is 0 Å². The van der Waals surface area contributed by atoms with Crippen LogP contribution in [0.15, 0.2) is 65.7 Å². The summed E-state index contributed by atoms with van der Waals surface area (Å²) in [4.78, 5) is 31.8. The molecule has 0 saturated carbocycles. The smallest absolute Gasteiger partial charge is 0.408 e. The van der Waals surface area contributed by atoms with Crippen LogP contribution < -0.4 is 5.32 Å². The quantitative estimate of drug-likeness (QED) is 0.188. The number of nitrogens with one attached hydrogen (secondary N) is 1. The van der Waals surface area contributed by atoms with E-state index in [1.165, 1.54) is 6.92 Å². The molecule has 2 aromatic rings. The molecule has 7 nitrogen and oxygen atoms in total. The number of benzene rings is 2. The zero-order valence-corrected chi connectivity index (χ0v) is 23.5. The molecule has 200 valence electrons. The van der Waals surface area contributed by atoms with Crippen molar-refractivity contribution in [2.24, 2.45) is 10.9 Å². The van der Waals surface area contributed by atoms with Crippen LogP contribution in [-0.4, -0.2) is 60.1 Å². The lowest BCUT2D eigenvalue weighted by molar-refractivity contribution is -0.148. The number of ether oxygens (including phenoxy) is 2. The van der Waals surface area contributed by atoms with Crippen LogP contribution in [0, 0.1) is 5.92 Å². The van der Waals surface area contributed by atoms with Crippen LogP contribution in [0.2, 0.25) is 0 Å². The molecule has 0 bridgehead atoms. The lowest BCUT2D eigenvalue weighted by Gasteiger charge is -2.31. The summed E-state index contributed by atoms with van der Waals surface area (Å²) in [5, 5.41) is 2.96. The molecule has 1 amide bonds. The van der Waals surface area contributed by atoms with Gasteiger partial charge in [-0.05, 0) is 51.2 Å². The second kappa shape index (κ2) is 14.5. The Hall–Kier alpha value is -3.26. The number of carbonyl (C=O) groups is 2. The number of nitrogens with zero attached hydrogens (tertiary/aromatic N) is 2. The molecule has 0 radical (unpaired) electrons. The normalized spacial score (nSPS) is 13.9. The van der Waals surface area contributed by atoms with Gasteiger partial charge in [0.1, 0.15) is 16.7 Å². The minimum atomic E-state index is -0.670. The third-order valence-electron chi connectivity index (χ3n) is 5.37. The molecule has 0 aromatic heterocycles. The first-order valence-electron chi connectivity index (χ1n) is 12.4. The number of thiocarbonyl (C=S) groups is 1. The molecule has 2 aromatic carbocycles. The first-order chi connectivity index (χ1) is 17.4. The Morgan fingerprint density at radius 3 is 2.03 bits per heavy atom. The number of amides is 1. The Labute approximate surface area is 226 Å². The Kier molecular flexibility index (Phi) is 11.7. The first kappa shape index (κ1) is 30.0. The summed E-state index contributed by atoms with van der Waals surface area (Å²) in [5.74, 6) is -0.646. The predicted octanol–water partition coefficient (Wildman–Crippen LogP) is 5.22. The van der Waals surface area contributed by atoms with Crippen molar-refractivity contribution in [1.29, 1.82) is 0 Å². The minimum absolute atomic E-state index is 0.211. The summed E-state index contributed by atoms with van der Waals surface area (Å²) in [6.07, 6.45) is 1.88. The fraction of sp³-hybridized carbons (Fsp3) is 0.448. The van der Waals surface area contributed by atoms with Gasteiger partial charge >= 0.3 is 12.1 Å². The van der Waals surface area contributed by atoms with Crippen LogP contribution in [0.25, 0.3) is 0 Å². The Bertz CT molecular complexity index is 1040. The van der Waals surface area contributed by atoms with Gasteiger partial charge in [-0.25, -0.2) is 9.79 Å². The standard InChI is InChI=1S/C29H39N3O4S/c1-21(33)35-26(19-24(27(37)30-20-32(5)6)17-22-13-9-7-10-14-22)25(18-23-15-11-8-12-16-23)31-28(34)36-29(2,3)4/h7-16,20,24-26H,17-19H2,1-6H3,(H,31,34)/t24-,25+,26+/m1/s1. The van der Waals surface area contributed by atoms with E-state index in [4.69, 9.17) is 21.7 Å². The van der Waals surface area contributed by atoms with Crippen molar-refractivity contribution in [2.45, 2.75) is 64.7 Å². The fourth-order valence-corrected chi connectivity index (χ4v) is 4.07. The van der Waals surface area contributed by atoms with Crippen LogP contribution >= 0.6 is 12.2 Å². The lowest BCUT2D eigenvalue weighted by atomic mass is 9.89. The summed E-state index contributed by atoms with van der Waals surface area (Å²) in [6.45, 7) is 6.78. The predicted molar refractivity (Wildman–Crippen MR) is 152 cm³/mol. The van der Waals surface area contributed by atoms with Crippen molar-refractivity contribution in [3.05, 3.63) is 71.8 Å². The summed E-state index contributed by atoms with van der Waals surface area (Å²) in [6, 6.07) is 19.2. The van der Waals surface area contributed by atoms with E-state index in [-0.39, 0.29) is 5.92 Å². The molecule has 37 heavy (non-hydrogen) atoms. The SMILES string of the molecule is CC(=O)O[C@@H](C[C@@H](Cc1ccccc1)C(=S)N=CN(C)C)[C@H](Cc1ccccc1)NC(=O)OC(C)(C)C. The van der Waals surface area contributed by atoms with Crippen LogP contribution in [-0.2, 0) is 27.1 Å². The maximum atomic E-state index is 12.8. The molecule has 2 rings (SSSR count). The zero-order valence-electron chi connectivity index (χ0n) is 22.6. The third-order valence-corrected chi connectivity index (χ3v) is 5.81. The molecular weight excluding hydrogens is 486 g/mol. The molecule has 3 atom stereocenters. The van der Waals surface area contributed by atoms with Crippen LogP contribution in [0.1, 0.15) is 45.2 Å². The van der Waals surface area contributed by atoms with Crippen molar-refractivity contribution < 1.29 is 19.1 Å². The van der Waals surface area contributed by atoms with Gasteiger partial charge in [-0.1, -0.05) is 72.9 Å². The van der Waals surface area contributed by atoms with Gasteiger partial charge < -0.3 is 19.7 Å². The van der Waals surface area contributed by atoms with Gasteiger partial charge in [-0.2, -0.15) is 0 Å². The monoisotopic (exact) mass is 525 g/mol. The molecule has 0 aliphatic carbocycles. The molecule has 0 spiro atoms. The van der Waals surface area contributed by atoms with Crippen molar-refractivity contribution in [3.63, 3.8) is 0 Å². The third kappa shape index (κ3) is 12.0. The van der Waals surface area contributed by atoms with Crippen molar-refractivity contribution >= 4 is 35.6 Å². The van der Waals surface area contributed by atoms with E-state index in [2.05, 4.69) is 10.3 Å². The van der Waals surface area contributed by atoms with Crippen molar-refractivity contribution in [2.75, 3.05) is 14.1 Å². The van der Waals surface area contributed by atoms with Crippen molar-refractivity contribution in [3.8, 4) is 0 Å². The molecule has 1 N–H and O–H groups in total. The second-order valence-corrected chi connectivity index (χ2v) is 10.7. The molecule has 0 fully saturated rings. The Morgan fingerprint density at radius 2 is 1.54 bits per heavy atom. The van der Waals surface area contributed by atoms with Gasteiger partial charge in [0.25, 0.3) is 0 Å². The van der Waals surface area contributed by atoms with E-state index in [9.17, 15) is 9.59 Å². The van der Waals surface area contributed by atoms with Crippen LogP contribution in [0.5, 0.6) is 0 Å². The highest BCUT2D eigenvalue weighted by molar-refractivity contribution is 7.80. The van der Waals surface area contributed by atoms with E-state index in [0.717, 1.165) is 11.1 Å². The highest BCUT2D eigenvalue weighted by atomic mass is 32.1. The Morgan fingerprint density at radius 1 is 1.00 bits per heavy atom. The maximum absolute atomic E-state index is 12.8. The van der Waals surface area contributed by atoms with Crippen molar-refractivity contribution in [1.82, 2.24) is 10.2 Å². The van der Waals surface area contributed by atoms with E-state index in [1.54, 1.807) is 27.1 Å². The zero-order chi connectivity index (χ0) is 27.4. The van der Waals surface area contributed by atoms with E-state index in [0.29, 0.717) is 24.3 Å². The molecule has 0 saturated heterocycles. The summed E-state index contributed by atoms with van der Waals surface area (Å²) < 4.78 is 11.4. The van der Waals surface area contributed by atoms with Gasteiger partial charge in [0.05, 0.1) is 12.4 Å². The molecule has 8 heteroatoms. The number of carbonyl (C=O) groups excluding carboxylic acids is 2. The highest BCUT2D eigenvalue weighted by Gasteiger charge is 2.32. The molecule has 0 aliphatic rings. The van der Waals surface area contributed by atoms with Gasteiger partial charge in [0.2, 0.25) is 0 Å². The number of alkyl carbamates (subject to hydrolysis) is 1. The molecule has 0 heterocycles. The minimum Gasteiger partial charge on any atom is -0.460 e. The van der Waals surface area contributed by atoms with Gasteiger partial charge in [-0.3, -0.25) is 4.79 Å². The Balaban J connectivity index is 2.40. The first-order valence-corrected chi connectivity index (χ1v) is 12.8. The number of rotatable bonds is 11. The van der Waals surface area contributed by atoms with Gasteiger partial charge in [0.15, 0.2) is 0 Å². The summed E-state index contributed by atoms with van der Waals surface area (Å²) in [5.41, 5.74) is 1.42. The topological polar surface area (TPSA) is 80.2 Å². The van der Waals surface area contributed by atoms with E-state index < -0.39 is 29.8 Å². The number of esters is 1. The van der Waals surface area contributed by atoms with E-state index >= 15 is 0 Å². The highest BCUT2D eigenvalue weighted by Crippen LogP contribution is 2.23. The van der Waals surface area contributed by atoms with Crippen LogP contribution in [0.4, 0.5) is 4.79 Å². The fourth-order valence-electron chi connectivity index (χ4n) is 3.84. The molecule has 0 unspecified atom stereocenters. The van der Waals surface area contributed by atoms with Gasteiger partial charge in [0, 0.05) is 26.9 Å². The average molecular weight is 526 g/mol. The molecule has 0 aliphatic heterocycles. The lowest BCUT2D eigenvalue weighted by Crippen LogP contribution is -2.49. The maximum Gasteiger partial charge on any atom is 0.408 e. The number of aliphatic imine (C=N–C) groups is 1. The van der Waals surface area contributed by atoms with Crippen LogP contribution in [0.3, 0.4) is 0 Å². The second-order valence-electron chi connectivity index (χ2n) is 10.3. The van der Waals surface area contributed by atoms with E-state index in [1.807, 2.05) is 79.7 Å².